The van der Waals surface area contributed by atoms with Crippen LogP contribution in [0.4, 0.5) is 0 Å². The van der Waals surface area contributed by atoms with Gasteiger partial charge in [0.15, 0.2) is 11.5 Å². The number of hydrogen-bond donors (Lipinski definition) is 0. The van der Waals surface area contributed by atoms with Crippen LogP contribution in [0.15, 0.2) is 22.1 Å². The number of fused-ring (bicyclic) bond motifs is 1. The summed E-state index contributed by atoms with van der Waals surface area (Å²) in [6.45, 7) is 1.60. The summed E-state index contributed by atoms with van der Waals surface area (Å²) in [7, 11) is 4.91. The number of nitrogens with zero attached hydrogens (tertiary/aromatic N) is 2. The third-order valence-electron chi connectivity index (χ3n) is 3.43. The van der Waals surface area contributed by atoms with E-state index in [1.165, 1.54) is 11.8 Å². The van der Waals surface area contributed by atoms with Gasteiger partial charge in [-0.3, -0.25) is 4.99 Å². The second-order valence-corrected chi connectivity index (χ2v) is 5.83. The van der Waals surface area contributed by atoms with Gasteiger partial charge >= 0.3 is 0 Å². The first-order valence-corrected chi connectivity index (χ1v) is 9.07. The van der Waals surface area contributed by atoms with Crippen molar-refractivity contribution >= 4 is 22.5 Å². The molecule has 1 aliphatic rings. The summed E-state index contributed by atoms with van der Waals surface area (Å²) in [5, 5.41) is 0.759. The van der Waals surface area contributed by atoms with Crippen LogP contribution in [-0.2, 0) is 9.47 Å². The summed E-state index contributed by atoms with van der Waals surface area (Å²) in [4.78, 5) is 8.85. The Morgan fingerprint density at radius 2 is 2.04 bits per heavy atom. The van der Waals surface area contributed by atoms with E-state index in [1.54, 1.807) is 21.3 Å². The fraction of sp³-hybridized carbons (Fsp3) is 0.529. The minimum Gasteiger partial charge on any atom is -0.493 e. The molecule has 138 valence electrons. The maximum absolute atomic E-state index is 5.80. The quantitative estimate of drug-likeness (QED) is 0.319. The lowest BCUT2D eigenvalue weighted by atomic mass is 10.1. The highest BCUT2D eigenvalue weighted by Gasteiger charge is 2.21. The number of rotatable bonds is 7. The van der Waals surface area contributed by atoms with Gasteiger partial charge in [-0.15, -0.1) is 11.8 Å². The lowest BCUT2D eigenvalue weighted by Gasteiger charge is -2.15. The molecule has 0 atom stereocenters. The predicted molar refractivity (Wildman–Crippen MR) is 99.8 cm³/mol. The molecule has 0 radical (unpaired) electrons. The lowest BCUT2D eigenvalue weighted by molar-refractivity contribution is -0.0270. The van der Waals surface area contributed by atoms with Gasteiger partial charge in [-0.05, 0) is 18.4 Å². The van der Waals surface area contributed by atoms with Gasteiger partial charge in [0, 0.05) is 26.1 Å². The summed E-state index contributed by atoms with van der Waals surface area (Å²) in [5.41, 5.74) is 1.59. The zero-order chi connectivity index (χ0) is 18.1. The number of ether oxygens (including phenoxy) is 5. The van der Waals surface area contributed by atoms with Gasteiger partial charge in [-0.1, -0.05) is 0 Å². The van der Waals surface area contributed by atoms with Crippen LogP contribution in [0.25, 0.3) is 0 Å². The Morgan fingerprint density at radius 3 is 2.72 bits per heavy atom. The van der Waals surface area contributed by atoms with Crippen LogP contribution in [0.1, 0.15) is 12.0 Å². The van der Waals surface area contributed by atoms with Gasteiger partial charge in [0.2, 0.25) is 5.75 Å². The third kappa shape index (κ3) is 5.10. The number of hydrogen-bond acceptors (Lipinski definition) is 8. The van der Waals surface area contributed by atoms with Crippen LogP contribution in [0.2, 0.25) is 0 Å². The molecule has 8 heteroatoms. The minimum atomic E-state index is 0.196. The highest BCUT2D eigenvalue weighted by molar-refractivity contribution is 8.15. The van der Waals surface area contributed by atoms with E-state index in [-0.39, 0.29) is 13.5 Å². The normalized spacial score (nSPS) is 15.0. The Hall–Kier alpha value is -1.77. The monoisotopic (exact) mass is 368 g/mol. The zero-order valence-corrected chi connectivity index (χ0v) is 15.9. The average Bonchev–Trinajstić information content (AvgIpc) is 2.89. The fourth-order valence-electron chi connectivity index (χ4n) is 2.34. The highest BCUT2D eigenvalue weighted by Crippen LogP contribution is 2.40. The summed E-state index contributed by atoms with van der Waals surface area (Å²) < 4.78 is 27.2. The molecule has 0 unspecified atom stereocenters. The second-order valence-electron chi connectivity index (χ2n) is 5.04. The van der Waals surface area contributed by atoms with Crippen LogP contribution in [-0.4, -0.2) is 65.0 Å². The summed E-state index contributed by atoms with van der Waals surface area (Å²) in [5.74, 6) is 1.90. The Morgan fingerprint density at radius 1 is 1.24 bits per heavy atom. The molecule has 7 nitrogen and oxygen atoms in total. The molecule has 0 spiro atoms. The van der Waals surface area contributed by atoms with Crippen molar-refractivity contribution in [1.82, 2.24) is 0 Å². The summed E-state index contributed by atoms with van der Waals surface area (Å²) in [6.07, 6.45) is 2.77. The summed E-state index contributed by atoms with van der Waals surface area (Å²) >= 11 is 1.50. The molecule has 1 heterocycles. The highest BCUT2D eigenvalue weighted by atomic mass is 32.2. The topological polar surface area (TPSA) is 70.9 Å². The SMILES string of the molecule is CN=C(/C(=N/COCOC)SC)c1cc(OC)c2c(c1)OCCCO2. The van der Waals surface area contributed by atoms with E-state index >= 15 is 0 Å². The third-order valence-corrected chi connectivity index (χ3v) is 4.14. The van der Waals surface area contributed by atoms with Gasteiger partial charge in [0.05, 0.1) is 26.0 Å². The van der Waals surface area contributed by atoms with Crippen LogP contribution in [0, 0.1) is 0 Å². The van der Waals surface area contributed by atoms with E-state index in [2.05, 4.69) is 9.98 Å². The van der Waals surface area contributed by atoms with Crippen molar-refractivity contribution in [2.24, 2.45) is 9.98 Å². The molecule has 1 aliphatic heterocycles. The number of aliphatic imine (C=N–C) groups is 2. The van der Waals surface area contributed by atoms with Crippen LogP contribution in [0.3, 0.4) is 0 Å². The minimum absolute atomic E-state index is 0.196. The van der Waals surface area contributed by atoms with Crippen LogP contribution >= 0.6 is 11.8 Å². The first kappa shape index (κ1) is 19.6. The first-order valence-electron chi connectivity index (χ1n) is 7.85. The predicted octanol–water partition coefficient (Wildman–Crippen LogP) is 2.61. The second kappa shape index (κ2) is 10.3. The van der Waals surface area contributed by atoms with Crippen molar-refractivity contribution in [3.63, 3.8) is 0 Å². The molecule has 0 aromatic heterocycles. The lowest BCUT2D eigenvalue weighted by Crippen LogP contribution is -2.14. The zero-order valence-electron chi connectivity index (χ0n) is 15.0. The molecule has 0 aliphatic carbocycles. The smallest absolute Gasteiger partial charge is 0.203 e. The van der Waals surface area contributed by atoms with Gasteiger partial charge < -0.3 is 23.7 Å². The Labute approximate surface area is 152 Å². The average molecular weight is 368 g/mol. The molecule has 25 heavy (non-hydrogen) atoms. The van der Waals surface area contributed by atoms with Crippen molar-refractivity contribution in [1.29, 1.82) is 0 Å². The van der Waals surface area contributed by atoms with Crippen molar-refractivity contribution in [2.45, 2.75) is 6.42 Å². The Kier molecular flexibility index (Phi) is 8.03. The fourth-order valence-corrected chi connectivity index (χ4v) is 2.92. The van der Waals surface area contributed by atoms with Crippen molar-refractivity contribution in [3.8, 4) is 17.2 Å². The largest absolute Gasteiger partial charge is 0.493 e. The molecule has 0 saturated carbocycles. The van der Waals surface area contributed by atoms with Crippen LogP contribution < -0.4 is 14.2 Å². The Bertz CT molecular complexity index is 634. The standard InChI is InChI=1S/C17H24N2O5S/c1-18-15(17(25-4)19-10-22-11-20-2)12-8-13(21-3)16-14(9-12)23-6-5-7-24-16/h8-9H,5-7,10-11H2,1-4H3/b18-15?,19-17-. The maximum atomic E-state index is 5.80. The molecule has 0 bridgehead atoms. The van der Waals surface area contributed by atoms with Gasteiger partial charge in [-0.25, -0.2) is 4.99 Å². The van der Waals surface area contributed by atoms with E-state index in [0.29, 0.717) is 30.5 Å². The number of benzene rings is 1. The molecule has 0 saturated heterocycles. The van der Waals surface area contributed by atoms with Gasteiger partial charge in [0.25, 0.3) is 0 Å². The van der Waals surface area contributed by atoms with E-state index in [0.717, 1.165) is 22.7 Å². The number of thioether (sulfide) groups is 1. The molecule has 0 amide bonds. The number of methoxy groups -OCH3 is 2. The molecule has 1 aromatic rings. The van der Waals surface area contributed by atoms with E-state index in [1.807, 2.05) is 18.4 Å². The van der Waals surface area contributed by atoms with Crippen molar-refractivity contribution in [3.05, 3.63) is 17.7 Å². The van der Waals surface area contributed by atoms with E-state index in [9.17, 15) is 0 Å². The van der Waals surface area contributed by atoms with E-state index < -0.39 is 0 Å². The first-order chi connectivity index (χ1) is 12.2. The van der Waals surface area contributed by atoms with Gasteiger partial charge in [-0.2, -0.15) is 0 Å². The Balaban J connectivity index is 2.35. The van der Waals surface area contributed by atoms with E-state index in [4.69, 9.17) is 23.7 Å². The molecule has 2 rings (SSSR count). The van der Waals surface area contributed by atoms with Crippen LogP contribution in [0.5, 0.6) is 17.2 Å². The molecular formula is C17H24N2O5S. The molecule has 0 N–H and O–H groups in total. The molecule has 1 aromatic carbocycles. The van der Waals surface area contributed by atoms with Crippen molar-refractivity contribution < 1.29 is 23.7 Å². The maximum Gasteiger partial charge on any atom is 0.203 e. The molecule has 0 fully saturated rings. The molecular weight excluding hydrogens is 344 g/mol. The summed E-state index contributed by atoms with van der Waals surface area (Å²) in [6, 6.07) is 3.80. The van der Waals surface area contributed by atoms with Gasteiger partial charge in [0.1, 0.15) is 18.6 Å². The van der Waals surface area contributed by atoms with Crippen molar-refractivity contribution in [2.75, 3.05) is 54.3 Å².